The highest BCUT2D eigenvalue weighted by atomic mass is 35.5. The summed E-state index contributed by atoms with van der Waals surface area (Å²) in [4.78, 5) is 24.4. The van der Waals surface area contributed by atoms with Gasteiger partial charge in [0.05, 0.1) is 12.1 Å². The fourth-order valence-corrected chi connectivity index (χ4v) is 3.43. The van der Waals surface area contributed by atoms with Crippen LogP contribution in [0.1, 0.15) is 19.8 Å². The summed E-state index contributed by atoms with van der Waals surface area (Å²) in [5, 5.41) is 9.14. The maximum Gasteiger partial charge on any atom is 0.236 e. The van der Waals surface area contributed by atoms with Gasteiger partial charge in [-0.25, -0.2) is 9.97 Å². The first-order valence-corrected chi connectivity index (χ1v) is 8.26. The van der Waals surface area contributed by atoms with E-state index in [9.17, 15) is 4.79 Å². The summed E-state index contributed by atoms with van der Waals surface area (Å²) in [6, 6.07) is 3.87. The number of nitriles is 1. The van der Waals surface area contributed by atoms with Crippen molar-refractivity contribution in [1.82, 2.24) is 19.3 Å². The molecule has 7 nitrogen and oxygen atoms in total. The fourth-order valence-electron chi connectivity index (χ4n) is 3.26. The highest BCUT2D eigenvalue weighted by molar-refractivity contribution is 6.29. The summed E-state index contributed by atoms with van der Waals surface area (Å²) in [6.07, 6.45) is 4.36. The molecule has 3 rings (SSSR count). The number of aromatic nitrogens is 3. The highest BCUT2D eigenvalue weighted by Gasteiger charge is 2.32. The second-order valence-corrected chi connectivity index (χ2v) is 6.54. The lowest BCUT2D eigenvalue weighted by atomic mass is 9.92. The van der Waals surface area contributed by atoms with Crippen molar-refractivity contribution >= 4 is 29.1 Å². The Bertz CT molecular complexity index is 797. The maximum atomic E-state index is 12.1. The third-order valence-corrected chi connectivity index (χ3v) is 4.88. The molecule has 0 N–H and O–H groups in total. The number of hydrogen-bond acceptors (Lipinski definition) is 5. The van der Waals surface area contributed by atoms with Crippen LogP contribution in [-0.4, -0.2) is 51.4 Å². The average molecular weight is 347 g/mol. The Balaban J connectivity index is 1.89. The largest absolute Gasteiger partial charge is 0.356 e. The molecule has 2 unspecified atom stereocenters. The van der Waals surface area contributed by atoms with Crippen LogP contribution in [0.4, 0.5) is 5.82 Å². The van der Waals surface area contributed by atoms with Crippen LogP contribution in [0, 0.1) is 17.2 Å². The first kappa shape index (κ1) is 16.5. The number of likely N-dealkylation sites (N-methyl/N-ethyl adjacent to an activating group) is 1. The Kier molecular flexibility index (Phi) is 4.58. The van der Waals surface area contributed by atoms with Crippen molar-refractivity contribution in [2.45, 2.75) is 25.8 Å². The number of carbonyl (C=O) groups excluding carboxylic acids is 1. The van der Waals surface area contributed by atoms with Gasteiger partial charge in [0, 0.05) is 38.6 Å². The molecule has 126 valence electrons. The normalized spacial score (nSPS) is 20.8. The second-order valence-electron chi connectivity index (χ2n) is 6.15. The third-order valence-electron chi connectivity index (χ3n) is 4.68. The van der Waals surface area contributed by atoms with Gasteiger partial charge in [-0.1, -0.05) is 18.5 Å². The summed E-state index contributed by atoms with van der Waals surface area (Å²) < 4.78 is 1.88. The number of nitrogens with zero attached hydrogens (tertiary/aromatic N) is 6. The van der Waals surface area contributed by atoms with Crippen LogP contribution < -0.4 is 4.90 Å². The number of hydrogen-bond donors (Lipinski definition) is 0. The van der Waals surface area contributed by atoms with Gasteiger partial charge in [0.15, 0.2) is 0 Å². The van der Waals surface area contributed by atoms with Crippen molar-refractivity contribution in [2.75, 3.05) is 25.0 Å². The number of anilines is 1. The summed E-state index contributed by atoms with van der Waals surface area (Å²) >= 11 is 6.13. The Morgan fingerprint density at radius 1 is 1.58 bits per heavy atom. The van der Waals surface area contributed by atoms with Gasteiger partial charge in [-0.15, -0.1) is 0 Å². The van der Waals surface area contributed by atoms with Gasteiger partial charge in [0.2, 0.25) is 11.7 Å². The quantitative estimate of drug-likeness (QED) is 0.794. The molecule has 1 fully saturated rings. The highest BCUT2D eigenvalue weighted by Crippen LogP contribution is 2.27. The van der Waals surface area contributed by atoms with Gasteiger partial charge < -0.3 is 9.80 Å². The molecule has 2 aromatic rings. The Labute approximate surface area is 145 Å². The smallest absolute Gasteiger partial charge is 0.236 e. The molecule has 2 aromatic heterocycles. The second kappa shape index (κ2) is 6.65. The van der Waals surface area contributed by atoms with Gasteiger partial charge in [-0.3, -0.25) is 9.20 Å². The van der Waals surface area contributed by atoms with Crippen LogP contribution in [0.25, 0.3) is 5.78 Å². The minimum absolute atomic E-state index is 0.0718. The minimum Gasteiger partial charge on any atom is -0.356 e. The lowest BCUT2D eigenvalue weighted by Gasteiger charge is -2.42. The van der Waals surface area contributed by atoms with E-state index in [1.165, 1.54) is 0 Å². The molecule has 1 amide bonds. The van der Waals surface area contributed by atoms with Crippen LogP contribution in [0.5, 0.6) is 0 Å². The van der Waals surface area contributed by atoms with Gasteiger partial charge in [0.1, 0.15) is 17.4 Å². The van der Waals surface area contributed by atoms with Crippen molar-refractivity contribution in [3.63, 3.8) is 0 Å². The van der Waals surface area contributed by atoms with Gasteiger partial charge >= 0.3 is 0 Å². The molecule has 8 heteroatoms. The molecule has 1 aliphatic heterocycles. The Hall–Kier alpha value is -2.33. The maximum absolute atomic E-state index is 12.1. The zero-order chi connectivity index (χ0) is 17.3. The van der Waals surface area contributed by atoms with E-state index < -0.39 is 0 Å². The molecule has 24 heavy (non-hydrogen) atoms. The van der Waals surface area contributed by atoms with E-state index in [4.69, 9.17) is 16.9 Å². The molecule has 2 atom stereocenters. The third kappa shape index (κ3) is 3.02. The molecule has 0 radical (unpaired) electrons. The number of likely N-dealkylation sites (tertiary alicyclic amines) is 1. The first-order chi connectivity index (χ1) is 11.5. The summed E-state index contributed by atoms with van der Waals surface area (Å²) in [5.41, 5.74) is 0. The lowest BCUT2D eigenvalue weighted by molar-refractivity contribution is -0.131. The molecular formula is C16H19ClN6O. The molecule has 0 bridgehead atoms. The first-order valence-electron chi connectivity index (χ1n) is 7.88. The van der Waals surface area contributed by atoms with E-state index in [0.717, 1.165) is 12.2 Å². The summed E-state index contributed by atoms with van der Waals surface area (Å²) in [6.45, 7) is 3.47. The van der Waals surface area contributed by atoms with E-state index in [2.05, 4.69) is 21.8 Å². The van der Waals surface area contributed by atoms with E-state index in [0.29, 0.717) is 29.9 Å². The number of halogens is 1. The van der Waals surface area contributed by atoms with E-state index in [1.807, 2.05) is 23.7 Å². The number of piperidine rings is 1. The van der Waals surface area contributed by atoms with Crippen molar-refractivity contribution < 1.29 is 4.79 Å². The molecule has 0 aliphatic carbocycles. The lowest BCUT2D eigenvalue weighted by Crippen LogP contribution is -2.53. The van der Waals surface area contributed by atoms with Crippen molar-refractivity contribution in [2.24, 2.45) is 5.92 Å². The molecule has 3 heterocycles. The van der Waals surface area contributed by atoms with Crippen LogP contribution in [0.2, 0.25) is 5.15 Å². The number of fused-ring (bicyclic) bond motifs is 1. The molecular weight excluding hydrogens is 328 g/mol. The van der Waals surface area contributed by atoms with Crippen molar-refractivity contribution in [1.29, 1.82) is 5.26 Å². The van der Waals surface area contributed by atoms with Crippen molar-refractivity contribution in [3.8, 4) is 6.07 Å². The van der Waals surface area contributed by atoms with Gasteiger partial charge in [-0.2, -0.15) is 5.26 Å². The fraction of sp³-hybridized carbons (Fsp3) is 0.500. The van der Waals surface area contributed by atoms with Gasteiger partial charge in [0.25, 0.3) is 0 Å². The Morgan fingerprint density at radius 2 is 2.38 bits per heavy atom. The van der Waals surface area contributed by atoms with Crippen LogP contribution in [0.15, 0.2) is 18.5 Å². The van der Waals surface area contributed by atoms with Crippen molar-refractivity contribution in [3.05, 3.63) is 23.6 Å². The summed E-state index contributed by atoms with van der Waals surface area (Å²) in [5.74, 6) is 1.73. The SMILES string of the molecule is CC1CCN(C(=O)CC#N)CC1N(C)c1cc(Cl)nc2nccn12. The topological polar surface area (TPSA) is 77.5 Å². The predicted octanol–water partition coefficient (Wildman–Crippen LogP) is 1.97. The van der Waals surface area contributed by atoms with E-state index >= 15 is 0 Å². The monoisotopic (exact) mass is 346 g/mol. The molecule has 0 aromatic carbocycles. The molecule has 1 saturated heterocycles. The molecule has 0 saturated carbocycles. The standard InChI is InChI=1S/C16H19ClN6O/c1-11-4-7-22(15(24)3-5-18)10-12(11)21(2)14-9-13(17)20-16-19-6-8-23(14)16/h6,8-9,11-12H,3-4,7,10H2,1-2H3. The molecule has 1 aliphatic rings. The van der Waals surface area contributed by atoms with Crippen LogP contribution in [-0.2, 0) is 4.79 Å². The van der Waals surface area contributed by atoms with E-state index in [-0.39, 0.29) is 18.4 Å². The zero-order valence-electron chi connectivity index (χ0n) is 13.7. The number of amides is 1. The van der Waals surface area contributed by atoms with E-state index in [1.54, 1.807) is 17.2 Å². The Morgan fingerprint density at radius 3 is 3.12 bits per heavy atom. The average Bonchev–Trinajstić information content (AvgIpc) is 3.02. The minimum atomic E-state index is -0.108. The van der Waals surface area contributed by atoms with Crippen LogP contribution in [0.3, 0.4) is 0 Å². The molecule has 0 spiro atoms. The number of rotatable bonds is 3. The predicted molar refractivity (Wildman–Crippen MR) is 90.8 cm³/mol. The summed E-state index contributed by atoms with van der Waals surface area (Å²) in [7, 11) is 1.99. The number of imidazole rings is 1. The van der Waals surface area contributed by atoms with Crippen LogP contribution >= 0.6 is 11.6 Å². The number of carbonyl (C=O) groups is 1. The van der Waals surface area contributed by atoms with Gasteiger partial charge in [-0.05, 0) is 12.3 Å². The zero-order valence-corrected chi connectivity index (χ0v) is 14.4.